The van der Waals surface area contributed by atoms with Crippen LogP contribution in [0.5, 0.6) is 5.06 Å². The normalized spacial score (nSPS) is 11.7. The number of hydrogen-bond donors (Lipinski definition) is 0. The minimum atomic E-state index is -3.72. The van der Waals surface area contributed by atoms with Crippen molar-refractivity contribution in [2.24, 2.45) is 0 Å². The van der Waals surface area contributed by atoms with Gasteiger partial charge < -0.3 is 4.18 Å². The lowest BCUT2D eigenvalue weighted by Gasteiger charge is -2.06. The highest BCUT2D eigenvalue weighted by atomic mass is 32.2. The highest BCUT2D eigenvalue weighted by Crippen LogP contribution is 2.52. The molecule has 3 heterocycles. The molecule has 6 rings (SSSR count). The van der Waals surface area contributed by atoms with Gasteiger partial charge in [0.25, 0.3) is 0 Å². The molecule has 0 saturated heterocycles. The standard InChI is InChI=1S/C28H19NO3S4/c1-36(30,31)32-28-21(16-24(35-28)18-10-4-2-5-11-18)25-20-14-8-9-15-23(20)34-26(25)22-17-33-27(29-22)19-12-6-3-7-13-19/h2-17H,1H3. The highest BCUT2D eigenvalue weighted by Gasteiger charge is 2.25. The van der Waals surface area contributed by atoms with Gasteiger partial charge >= 0.3 is 10.1 Å². The van der Waals surface area contributed by atoms with Crippen LogP contribution in [0.3, 0.4) is 0 Å². The second-order valence-electron chi connectivity index (χ2n) is 8.17. The quantitative estimate of drug-likeness (QED) is 0.197. The van der Waals surface area contributed by atoms with E-state index < -0.39 is 10.1 Å². The van der Waals surface area contributed by atoms with Crippen LogP contribution >= 0.6 is 34.0 Å². The Morgan fingerprint density at radius 2 is 1.47 bits per heavy atom. The summed E-state index contributed by atoms with van der Waals surface area (Å²) in [5.74, 6) is 0. The number of thiophene rings is 2. The average Bonchev–Trinajstić information content (AvgIpc) is 3.61. The molecule has 0 fully saturated rings. The first-order valence-electron chi connectivity index (χ1n) is 11.1. The smallest absolute Gasteiger partial charge is 0.307 e. The number of benzene rings is 3. The van der Waals surface area contributed by atoms with E-state index in [1.807, 2.05) is 66.7 Å². The summed E-state index contributed by atoms with van der Waals surface area (Å²) in [4.78, 5) is 6.90. The zero-order chi connectivity index (χ0) is 24.7. The Morgan fingerprint density at radius 1 is 0.806 bits per heavy atom. The maximum absolute atomic E-state index is 12.2. The Balaban J connectivity index is 1.58. The summed E-state index contributed by atoms with van der Waals surface area (Å²) in [7, 11) is -3.72. The SMILES string of the molecule is CS(=O)(=O)Oc1sc(-c2ccccc2)cc1-c1c(-c2csc(-c3ccccc3)n2)sc2ccccc12. The Kier molecular flexibility index (Phi) is 5.97. The van der Waals surface area contributed by atoms with Gasteiger partial charge in [-0.3, -0.25) is 0 Å². The van der Waals surface area contributed by atoms with Gasteiger partial charge in [0.1, 0.15) is 5.01 Å². The first kappa shape index (κ1) is 23.1. The van der Waals surface area contributed by atoms with E-state index in [1.165, 1.54) is 11.3 Å². The molecule has 0 amide bonds. The summed E-state index contributed by atoms with van der Waals surface area (Å²) in [6, 6.07) is 30.2. The van der Waals surface area contributed by atoms with Crippen LogP contribution in [0.4, 0.5) is 0 Å². The van der Waals surface area contributed by atoms with Crippen molar-refractivity contribution >= 4 is 54.2 Å². The molecule has 8 heteroatoms. The van der Waals surface area contributed by atoms with Crippen molar-refractivity contribution in [3.63, 3.8) is 0 Å². The fourth-order valence-electron chi connectivity index (χ4n) is 4.08. The maximum Gasteiger partial charge on any atom is 0.307 e. The molecule has 0 N–H and O–H groups in total. The molecular formula is C28H19NO3S4. The van der Waals surface area contributed by atoms with Crippen LogP contribution in [0.15, 0.2) is 96.4 Å². The Labute approximate surface area is 221 Å². The summed E-state index contributed by atoms with van der Waals surface area (Å²) in [5.41, 5.74) is 4.64. The minimum absolute atomic E-state index is 0.361. The van der Waals surface area contributed by atoms with Gasteiger partial charge in [0.15, 0.2) is 0 Å². The molecule has 0 aliphatic heterocycles. The highest BCUT2D eigenvalue weighted by molar-refractivity contribution is 7.86. The van der Waals surface area contributed by atoms with E-state index in [0.717, 1.165) is 59.1 Å². The second-order valence-corrected chi connectivity index (χ2v) is 12.7. The fraction of sp³-hybridized carbons (Fsp3) is 0.0357. The molecule has 0 aliphatic rings. The van der Waals surface area contributed by atoms with E-state index >= 15 is 0 Å². The first-order chi connectivity index (χ1) is 17.5. The molecule has 6 aromatic rings. The zero-order valence-corrected chi connectivity index (χ0v) is 22.3. The molecule has 0 unspecified atom stereocenters. The summed E-state index contributed by atoms with van der Waals surface area (Å²) < 4.78 is 31.1. The molecule has 0 atom stereocenters. The van der Waals surface area contributed by atoms with Crippen LogP contribution in [-0.2, 0) is 10.1 Å². The third-order valence-electron chi connectivity index (χ3n) is 5.61. The molecule has 0 saturated carbocycles. The van der Waals surface area contributed by atoms with E-state index in [9.17, 15) is 8.42 Å². The molecule has 0 radical (unpaired) electrons. The van der Waals surface area contributed by atoms with Crippen molar-refractivity contribution in [1.29, 1.82) is 0 Å². The van der Waals surface area contributed by atoms with Crippen LogP contribution in [-0.4, -0.2) is 19.7 Å². The molecule has 0 bridgehead atoms. The predicted octanol–water partition coefficient (Wildman–Crippen LogP) is 8.43. The van der Waals surface area contributed by atoms with Gasteiger partial charge in [0.2, 0.25) is 5.06 Å². The fourth-order valence-corrected chi connectivity index (χ4v) is 7.92. The van der Waals surface area contributed by atoms with Crippen molar-refractivity contribution in [3.8, 4) is 47.8 Å². The zero-order valence-electron chi connectivity index (χ0n) is 19.0. The summed E-state index contributed by atoms with van der Waals surface area (Å²) in [5, 5.41) is 4.41. The third-order valence-corrected chi connectivity index (χ3v) is 9.33. The topological polar surface area (TPSA) is 56.3 Å². The van der Waals surface area contributed by atoms with Gasteiger partial charge in [-0.25, -0.2) is 4.98 Å². The van der Waals surface area contributed by atoms with Gasteiger partial charge in [0.05, 0.1) is 16.8 Å². The summed E-state index contributed by atoms with van der Waals surface area (Å²) in [6.45, 7) is 0. The van der Waals surface area contributed by atoms with Crippen LogP contribution < -0.4 is 4.18 Å². The number of aromatic nitrogens is 1. The van der Waals surface area contributed by atoms with Crippen molar-refractivity contribution < 1.29 is 12.6 Å². The average molecular weight is 546 g/mol. The third kappa shape index (κ3) is 4.49. The second kappa shape index (κ2) is 9.29. The Hall–Kier alpha value is -3.30. The van der Waals surface area contributed by atoms with Gasteiger partial charge in [0, 0.05) is 37.0 Å². The van der Waals surface area contributed by atoms with Crippen molar-refractivity contribution in [2.45, 2.75) is 0 Å². The molecule has 0 spiro atoms. The number of thiazole rings is 1. The molecule has 0 aliphatic carbocycles. The summed E-state index contributed by atoms with van der Waals surface area (Å²) in [6.07, 6.45) is 1.08. The molecule has 36 heavy (non-hydrogen) atoms. The lowest BCUT2D eigenvalue weighted by Crippen LogP contribution is -2.05. The maximum atomic E-state index is 12.2. The summed E-state index contributed by atoms with van der Waals surface area (Å²) >= 11 is 4.59. The number of nitrogens with zero attached hydrogens (tertiary/aromatic N) is 1. The monoisotopic (exact) mass is 545 g/mol. The molecule has 4 nitrogen and oxygen atoms in total. The Morgan fingerprint density at radius 3 is 2.19 bits per heavy atom. The lowest BCUT2D eigenvalue weighted by atomic mass is 10.0. The first-order valence-corrected chi connectivity index (χ1v) is 15.4. The molecule has 3 aromatic heterocycles. The van der Waals surface area contributed by atoms with E-state index in [2.05, 4.69) is 29.6 Å². The molecule has 3 aromatic carbocycles. The Bertz CT molecular complexity index is 1780. The van der Waals surface area contributed by atoms with E-state index in [1.54, 1.807) is 22.7 Å². The van der Waals surface area contributed by atoms with Crippen LogP contribution in [0.2, 0.25) is 0 Å². The van der Waals surface area contributed by atoms with E-state index in [-0.39, 0.29) is 0 Å². The molecular weight excluding hydrogens is 527 g/mol. The largest absolute Gasteiger partial charge is 0.371 e. The van der Waals surface area contributed by atoms with Crippen molar-refractivity contribution in [1.82, 2.24) is 4.98 Å². The lowest BCUT2D eigenvalue weighted by molar-refractivity contribution is 0.500. The van der Waals surface area contributed by atoms with Crippen LogP contribution in [0.1, 0.15) is 0 Å². The van der Waals surface area contributed by atoms with Gasteiger partial charge in [-0.1, -0.05) is 90.2 Å². The number of fused-ring (bicyclic) bond motifs is 1. The number of hydrogen-bond acceptors (Lipinski definition) is 7. The number of rotatable bonds is 6. The van der Waals surface area contributed by atoms with Gasteiger partial charge in [-0.2, -0.15) is 8.42 Å². The van der Waals surface area contributed by atoms with E-state index in [4.69, 9.17) is 9.17 Å². The van der Waals surface area contributed by atoms with Crippen molar-refractivity contribution in [3.05, 3.63) is 96.4 Å². The van der Waals surface area contributed by atoms with E-state index in [0.29, 0.717) is 5.06 Å². The predicted molar refractivity (Wildman–Crippen MR) is 153 cm³/mol. The molecule has 178 valence electrons. The van der Waals surface area contributed by atoms with Gasteiger partial charge in [-0.15, -0.1) is 22.7 Å². The minimum Gasteiger partial charge on any atom is -0.371 e. The van der Waals surface area contributed by atoms with Crippen LogP contribution in [0, 0.1) is 0 Å². The van der Waals surface area contributed by atoms with Gasteiger partial charge in [-0.05, 0) is 17.7 Å². The van der Waals surface area contributed by atoms with Crippen LogP contribution in [0.25, 0.3) is 52.8 Å². The van der Waals surface area contributed by atoms with Crippen molar-refractivity contribution in [2.75, 3.05) is 6.26 Å².